The minimum Gasteiger partial charge on any atom is -0.460 e. The zero-order valence-electron chi connectivity index (χ0n) is 15.3. The molecule has 0 aliphatic rings. The van der Waals surface area contributed by atoms with Crippen molar-refractivity contribution in [2.75, 3.05) is 26.2 Å². The maximum absolute atomic E-state index is 12.2. The molecule has 0 heterocycles. The van der Waals surface area contributed by atoms with Crippen molar-refractivity contribution < 1.29 is 19.1 Å². The van der Waals surface area contributed by atoms with Crippen LogP contribution in [0.1, 0.15) is 47.0 Å². The Bertz CT molecular complexity index is 451. The van der Waals surface area contributed by atoms with Crippen LogP contribution in [0.3, 0.4) is 0 Å². The Labute approximate surface area is 144 Å². The average molecular weight is 341 g/mol. The normalized spacial score (nSPS) is 12.7. The first kappa shape index (κ1) is 21.9. The van der Waals surface area contributed by atoms with Crippen LogP contribution < -0.4 is 16.0 Å². The number of esters is 1. The SMILES string of the molecule is C=C(C)C(=O)OCCNC(=O)NCCNC(=O)C(C)(CC)CCC. The average Bonchev–Trinajstić information content (AvgIpc) is 2.54. The third-order valence-electron chi connectivity index (χ3n) is 3.80. The summed E-state index contributed by atoms with van der Waals surface area (Å²) in [6, 6.07) is -0.373. The molecule has 3 N–H and O–H groups in total. The van der Waals surface area contributed by atoms with E-state index in [1.807, 2.05) is 13.8 Å². The van der Waals surface area contributed by atoms with Gasteiger partial charge in [0.25, 0.3) is 0 Å². The summed E-state index contributed by atoms with van der Waals surface area (Å²) >= 11 is 0. The monoisotopic (exact) mass is 341 g/mol. The number of rotatable bonds is 11. The maximum Gasteiger partial charge on any atom is 0.333 e. The van der Waals surface area contributed by atoms with E-state index >= 15 is 0 Å². The lowest BCUT2D eigenvalue weighted by atomic mass is 9.82. The van der Waals surface area contributed by atoms with Gasteiger partial charge in [0.1, 0.15) is 6.61 Å². The third-order valence-corrected chi connectivity index (χ3v) is 3.80. The van der Waals surface area contributed by atoms with Gasteiger partial charge >= 0.3 is 12.0 Å². The van der Waals surface area contributed by atoms with Crippen molar-refractivity contribution in [3.63, 3.8) is 0 Å². The molecule has 138 valence electrons. The molecule has 3 amide bonds. The number of nitrogens with one attached hydrogen (secondary N) is 3. The number of urea groups is 1. The standard InChI is InChI=1S/C17H31N3O4/c1-6-8-17(5,7-2)15(22)18-9-10-19-16(23)20-11-12-24-14(21)13(3)4/h3,6-12H2,1-2,4-5H3,(H,18,22)(H2,19,20,23). The molecule has 0 rings (SSSR count). The van der Waals surface area contributed by atoms with Crippen molar-refractivity contribution in [1.29, 1.82) is 0 Å². The first-order valence-corrected chi connectivity index (χ1v) is 8.39. The summed E-state index contributed by atoms with van der Waals surface area (Å²) in [5, 5.41) is 8.03. The molecule has 0 bridgehead atoms. The van der Waals surface area contributed by atoms with Gasteiger partial charge in [-0.05, 0) is 19.8 Å². The van der Waals surface area contributed by atoms with E-state index < -0.39 is 5.97 Å². The van der Waals surface area contributed by atoms with Gasteiger partial charge in [0.05, 0.1) is 6.54 Å². The second kappa shape index (κ2) is 11.5. The maximum atomic E-state index is 12.2. The molecule has 0 aliphatic heterocycles. The molecule has 1 atom stereocenters. The van der Waals surface area contributed by atoms with Gasteiger partial charge in [0.2, 0.25) is 5.91 Å². The van der Waals surface area contributed by atoms with E-state index in [1.165, 1.54) is 0 Å². The van der Waals surface area contributed by atoms with E-state index in [9.17, 15) is 14.4 Å². The Morgan fingerprint density at radius 2 is 1.62 bits per heavy atom. The molecule has 0 saturated carbocycles. The Kier molecular flexibility index (Phi) is 10.5. The lowest BCUT2D eigenvalue weighted by Crippen LogP contribution is -2.44. The van der Waals surface area contributed by atoms with E-state index in [-0.39, 0.29) is 30.5 Å². The Hall–Kier alpha value is -2.05. The van der Waals surface area contributed by atoms with Crippen LogP contribution in [0.2, 0.25) is 0 Å². The van der Waals surface area contributed by atoms with Gasteiger partial charge in [-0.2, -0.15) is 0 Å². The van der Waals surface area contributed by atoms with E-state index in [0.29, 0.717) is 18.7 Å². The number of hydrogen-bond acceptors (Lipinski definition) is 4. The zero-order valence-corrected chi connectivity index (χ0v) is 15.3. The largest absolute Gasteiger partial charge is 0.460 e. The van der Waals surface area contributed by atoms with Gasteiger partial charge in [-0.1, -0.05) is 33.8 Å². The van der Waals surface area contributed by atoms with Crippen LogP contribution in [-0.4, -0.2) is 44.1 Å². The second-order valence-corrected chi connectivity index (χ2v) is 6.02. The van der Waals surface area contributed by atoms with Crippen molar-refractivity contribution in [3.05, 3.63) is 12.2 Å². The zero-order chi connectivity index (χ0) is 18.6. The van der Waals surface area contributed by atoms with Crippen LogP contribution in [0.4, 0.5) is 4.79 Å². The summed E-state index contributed by atoms with van der Waals surface area (Å²) < 4.78 is 4.85. The van der Waals surface area contributed by atoms with E-state index in [1.54, 1.807) is 6.92 Å². The highest BCUT2D eigenvalue weighted by Crippen LogP contribution is 2.27. The van der Waals surface area contributed by atoms with Crippen molar-refractivity contribution in [2.24, 2.45) is 5.41 Å². The Morgan fingerprint density at radius 3 is 2.17 bits per heavy atom. The van der Waals surface area contributed by atoms with Gasteiger partial charge in [0, 0.05) is 24.1 Å². The molecule has 0 aromatic heterocycles. The molecule has 0 spiro atoms. The summed E-state index contributed by atoms with van der Waals surface area (Å²) in [7, 11) is 0. The van der Waals surface area contributed by atoms with Crippen molar-refractivity contribution >= 4 is 17.9 Å². The second-order valence-electron chi connectivity index (χ2n) is 6.02. The number of amides is 3. The molecule has 7 nitrogen and oxygen atoms in total. The molecule has 0 aromatic rings. The summed E-state index contributed by atoms with van der Waals surface area (Å²) in [4.78, 5) is 34.8. The quantitative estimate of drug-likeness (QED) is 0.303. The Morgan fingerprint density at radius 1 is 1.04 bits per heavy atom. The molecule has 0 fully saturated rings. The molecule has 0 radical (unpaired) electrons. The van der Waals surface area contributed by atoms with Crippen LogP contribution in [0, 0.1) is 5.41 Å². The minimum absolute atomic E-state index is 0.0146. The highest BCUT2D eigenvalue weighted by Gasteiger charge is 2.29. The highest BCUT2D eigenvalue weighted by atomic mass is 16.5. The molecule has 0 aliphatic carbocycles. The van der Waals surface area contributed by atoms with Gasteiger partial charge < -0.3 is 20.7 Å². The predicted octanol–water partition coefficient (Wildman–Crippen LogP) is 1.74. The van der Waals surface area contributed by atoms with Gasteiger partial charge in [-0.15, -0.1) is 0 Å². The van der Waals surface area contributed by atoms with Crippen LogP contribution in [0.15, 0.2) is 12.2 Å². The summed E-state index contributed by atoms with van der Waals surface area (Å²) in [6.45, 7) is 12.0. The third kappa shape index (κ3) is 8.55. The molecular weight excluding hydrogens is 310 g/mol. The van der Waals surface area contributed by atoms with E-state index in [4.69, 9.17) is 4.74 Å². The van der Waals surface area contributed by atoms with Gasteiger partial charge in [0.15, 0.2) is 0 Å². The van der Waals surface area contributed by atoms with E-state index in [2.05, 4.69) is 29.5 Å². The first-order valence-electron chi connectivity index (χ1n) is 8.39. The lowest BCUT2D eigenvalue weighted by molar-refractivity contribution is -0.138. The lowest BCUT2D eigenvalue weighted by Gasteiger charge is -2.26. The Balaban J connectivity index is 3.84. The van der Waals surface area contributed by atoms with Crippen LogP contribution >= 0.6 is 0 Å². The van der Waals surface area contributed by atoms with Crippen molar-refractivity contribution in [2.45, 2.75) is 47.0 Å². The molecular formula is C17H31N3O4. The smallest absolute Gasteiger partial charge is 0.333 e. The van der Waals surface area contributed by atoms with Crippen LogP contribution in [0.5, 0.6) is 0 Å². The fourth-order valence-corrected chi connectivity index (χ4v) is 2.06. The molecule has 1 unspecified atom stereocenters. The van der Waals surface area contributed by atoms with Crippen molar-refractivity contribution in [3.8, 4) is 0 Å². The van der Waals surface area contributed by atoms with Crippen LogP contribution in [-0.2, 0) is 14.3 Å². The number of hydrogen-bond donors (Lipinski definition) is 3. The molecule has 24 heavy (non-hydrogen) atoms. The first-order chi connectivity index (χ1) is 11.3. The molecule has 0 saturated heterocycles. The van der Waals surface area contributed by atoms with Gasteiger partial charge in [-0.3, -0.25) is 4.79 Å². The fourth-order valence-electron chi connectivity index (χ4n) is 2.06. The number of carbonyl (C=O) groups is 3. The van der Waals surface area contributed by atoms with E-state index in [0.717, 1.165) is 19.3 Å². The minimum atomic E-state index is -0.481. The molecule has 7 heteroatoms. The predicted molar refractivity (Wildman–Crippen MR) is 93.5 cm³/mol. The van der Waals surface area contributed by atoms with Gasteiger partial charge in [-0.25, -0.2) is 9.59 Å². The number of carbonyl (C=O) groups excluding carboxylic acids is 3. The fraction of sp³-hybridized carbons (Fsp3) is 0.706. The molecule has 0 aromatic carbocycles. The summed E-state index contributed by atoms with van der Waals surface area (Å²) in [6.07, 6.45) is 2.57. The number of ether oxygens (including phenoxy) is 1. The van der Waals surface area contributed by atoms with Crippen molar-refractivity contribution in [1.82, 2.24) is 16.0 Å². The van der Waals surface area contributed by atoms with Crippen LogP contribution in [0.25, 0.3) is 0 Å². The topological polar surface area (TPSA) is 96.5 Å². The summed E-state index contributed by atoms with van der Waals surface area (Å²) in [5.41, 5.74) is -0.0400. The highest BCUT2D eigenvalue weighted by molar-refractivity contribution is 5.87. The summed E-state index contributed by atoms with van der Waals surface area (Å²) in [5.74, 6) is -0.466.